The second-order valence-corrected chi connectivity index (χ2v) is 6.04. The highest BCUT2D eigenvalue weighted by molar-refractivity contribution is 8.00. The first-order valence-corrected chi connectivity index (χ1v) is 8.39. The highest BCUT2D eigenvalue weighted by Gasteiger charge is 2.18. The van der Waals surface area contributed by atoms with Crippen LogP contribution in [0.5, 0.6) is 0 Å². The van der Waals surface area contributed by atoms with Crippen LogP contribution in [0.15, 0.2) is 35.1 Å². The molecule has 0 aliphatic heterocycles. The van der Waals surface area contributed by atoms with Crippen molar-refractivity contribution in [3.8, 4) is 5.69 Å². The first kappa shape index (κ1) is 17.9. The summed E-state index contributed by atoms with van der Waals surface area (Å²) in [7, 11) is 3.05. The van der Waals surface area contributed by atoms with Crippen LogP contribution >= 0.6 is 11.8 Å². The number of carbonyl (C=O) groups excluding carboxylic acids is 2. The number of rotatable bonds is 6. The predicted molar refractivity (Wildman–Crippen MR) is 93.7 cm³/mol. The van der Waals surface area contributed by atoms with E-state index in [1.807, 2.05) is 30.3 Å². The molecule has 8 heteroatoms. The molecular formula is C16H19N3O4S. The molecule has 1 aromatic heterocycles. The van der Waals surface area contributed by atoms with Gasteiger partial charge in [-0.05, 0) is 19.1 Å². The van der Waals surface area contributed by atoms with Gasteiger partial charge in [0.25, 0.3) is 5.56 Å². The number of anilines is 1. The molecule has 7 nitrogen and oxygen atoms in total. The lowest BCUT2D eigenvalue weighted by molar-refractivity contribution is -0.137. The molecule has 2 aromatic rings. The minimum absolute atomic E-state index is 0.0637. The number of hydrogen-bond acceptors (Lipinski definition) is 5. The van der Waals surface area contributed by atoms with Crippen LogP contribution in [-0.4, -0.2) is 39.9 Å². The van der Waals surface area contributed by atoms with Gasteiger partial charge in [-0.2, -0.15) is 0 Å². The maximum atomic E-state index is 12.6. The number of thioether (sulfide) groups is 1. The van der Waals surface area contributed by atoms with Crippen LogP contribution in [0.4, 0.5) is 5.69 Å². The molecule has 0 spiro atoms. The predicted octanol–water partition coefficient (Wildman–Crippen LogP) is 1.33. The van der Waals surface area contributed by atoms with Gasteiger partial charge in [-0.15, -0.1) is 11.8 Å². The normalized spacial score (nSPS) is 10.5. The Balaban J connectivity index is 2.16. The number of ether oxygens (including phenoxy) is 1. The van der Waals surface area contributed by atoms with Gasteiger partial charge in [0.2, 0.25) is 5.91 Å². The van der Waals surface area contributed by atoms with Crippen LogP contribution in [0.25, 0.3) is 5.69 Å². The lowest BCUT2D eigenvalue weighted by Crippen LogP contribution is -2.23. The number of benzene rings is 1. The van der Waals surface area contributed by atoms with Crippen molar-refractivity contribution in [3.05, 3.63) is 46.4 Å². The lowest BCUT2D eigenvalue weighted by Gasteiger charge is -2.07. The summed E-state index contributed by atoms with van der Waals surface area (Å²) in [6, 6.07) is 9.18. The lowest BCUT2D eigenvalue weighted by atomic mass is 10.3. The van der Waals surface area contributed by atoms with Gasteiger partial charge in [-0.1, -0.05) is 18.2 Å². The number of nitrogens with zero attached hydrogens (tertiary/aromatic N) is 2. The fraction of sp³-hybridized carbons (Fsp3) is 0.312. The maximum Gasteiger partial charge on any atom is 0.315 e. The van der Waals surface area contributed by atoms with Crippen molar-refractivity contribution in [2.75, 3.05) is 23.9 Å². The van der Waals surface area contributed by atoms with Crippen molar-refractivity contribution in [3.63, 3.8) is 0 Å². The van der Waals surface area contributed by atoms with E-state index in [9.17, 15) is 14.4 Å². The molecule has 0 atom stereocenters. The molecule has 128 valence electrons. The van der Waals surface area contributed by atoms with E-state index in [1.165, 1.54) is 11.8 Å². The zero-order valence-electron chi connectivity index (χ0n) is 13.7. The molecule has 1 heterocycles. The molecule has 0 aliphatic rings. The second kappa shape index (κ2) is 7.87. The van der Waals surface area contributed by atoms with Crippen molar-refractivity contribution >= 4 is 29.3 Å². The third kappa shape index (κ3) is 3.88. The molecule has 0 saturated heterocycles. The molecule has 1 aromatic carbocycles. The summed E-state index contributed by atoms with van der Waals surface area (Å²) in [4.78, 5) is 35.7. The van der Waals surface area contributed by atoms with E-state index in [1.54, 1.807) is 18.7 Å². The van der Waals surface area contributed by atoms with Crippen LogP contribution in [0.1, 0.15) is 5.69 Å². The van der Waals surface area contributed by atoms with Gasteiger partial charge in [-0.25, -0.2) is 4.68 Å². The van der Waals surface area contributed by atoms with E-state index < -0.39 is 5.97 Å². The van der Waals surface area contributed by atoms with Gasteiger partial charge in [-0.3, -0.25) is 19.1 Å². The van der Waals surface area contributed by atoms with E-state index in [0.717, 1.165) is 11.8 Å². The average molecular weight is 349 g/mol. The number of hydrogen-bond donors (Lipinski definition) is 1. The van der Waals surface area contributed by atoms with Crippen LogP contribution in [0.2, 0.25) is 0 Å². The van der Waals surface area contributed by atoms with Crippen LogP contribution in [0, 0.1) is 6.92 Å². The molecule has 0 bridgehead atoms. The van der Waals surface area contributed by atoms with E-state index in [0.29, 0.717) is 11.4 Å². The third-order valence-electron chi connectivity index (χ3n) is 3.50. The number of para-hydroxylation sites is 1. The van der Waals surface area contributed by atoms with Gasteiger partial charge in [0, 0.05) is 7.05 Å². The number of amides is 1. The summed E-state index contributed by atoms with van der Waals surface area (Å²) in [6.45, 7) is 1.76. The molecule has 1 amide bonds. The summed E-state index contributed by atoms with van der Waals surface area (Å²) >= 11 is 1.13. The summed E-state index contributed by atoms with van der Waals surface area (Å²) in [6.07, 6.45) is 0. The largest absolute Gasteiger partial charge is 0.468 e. The Morgan fingerprint density at radius 1 is 1.21 bits per heavy atom. The SMILES string of the molecule is COC(=O)CSCC(=O)Nc1c(C)n(C)n(-c2ccccc2)c1=O. The van der Waals surface area contributed by atoms with Crippen molar-refractivity contribution in [2.45, 2.75) is 6.92 Å². The van der Waals surface area contributed by atoms with Gasteiger partial charge in [0.15, 0.2) is 0 Å². The monoisotopic (exact) mass is 349 g/mol. The van der Waals surface area contributed by atoms with Crippen LogP contribution < -0.4 is 10.9 Å². The molecule has 0 aliphatic carbocycles. The van der Waals surface area contributed by atoms with Crippen molar-refractivity contribution in [1.29, 1.82) is 0 Å². The van der Waals surface area contributed by atoms with Gasteiger partial charge in [0.05, 0.1) is 30.0 Å². The first-order valence-electron chi connectivity index (χ1n) is 7.24. The maximum absolute atomic E-state index is 12.6. The van der Waals surface area contributed by atoms with E-state index in [-0.39, 0.29) is 28.7 Å². The zero-order chi connectivity index (χ0) is 17.7. The Labute approximate surface area is 143 Å². The minimum atomic E-state index is -0.393. The van der Waals surface area contributed by atoms with Gasteiger partial charge < -0.3 is 10.1 Å². The van der Waals surface area contributed by atoms with E-state index >= 15 is 0 Å². The Kier molecular flexibility index (Phi) is 5.86. The van der Waals surface area contributed by atoms with Crippen molar-refractivity contribution in [2.24, 2.45) is 7.05 Å². The Morgan fingerprint density at radius 2 is 1.88 bits per heavy atom. The average Bonchev–Trinajstić information content (AvgIpc) is 2.79. The standard InChI is InChI=1S/C16H19N3O4S/c1-11-15(17-13(20)9-24-10-14(21)23-3)16(22)19(18(11)2)12-7-5-4-6-8-12/h4-8H,9-10H2,1-3H3,(H,17,20). The Bertz CT molecular complexity index is 796. The Hall–Kier alpha value is -2.48. The highest BCUT2D eigenvalue weighted by Crippen LogP contribution is 2.14. The number of nitrogens with one attached hydrogen (secondary N) is 1. The molecule has 0 saturated carbocycles. The smallest absolute Gasteiger partial charge is 0.315 e. The zero-order valence-corrected chi connectivity index (χ0v) is 14.6. The number of esters is 1. The second-order valence-electron chi connectivity index (χ2n) is 5.05. The van der Waals surface area contributed by atoms with Gasteiger partial charge in [0.1, 0.15) is 5.69 Å². The third-order valence-corrected chi connectivity index (χ3v) is 4.41. The van der Waals surface area contributed by atoms with Crippen LogP contribution in [0.3, 0.4) is 0 Å². The number of methoxy groups -OCH3 is 1. The first-order chi connectivity index (χ1) is 11.5. The molecule has 2 rings (SSSR count). The minimum Gasteiger partial charge on any atom is -0.468 e. The van der Waals surface area contributed by atoms with E-state index in [2.05, 4.69) is 10.1 Å². The fourth-order valence-electron chi connectivity index (χ4n) is 2.17. The molecule has 1 N–H and O–H groups in total. The van der Waals surface area contributed by atoms with E-state index in [4.69, 9.17) is 0 Å². The molecule has 0 unspecified atom stereocenters. The summed E-state index contributed by atoms with van der Waals surface area (Å²) in [5.41, 5.74) is 1.31. The topological polar surface area (TPSA) is 82.3 Å². The molecular weight excluding hydrogens is 330 g/mol. The summed E-state index contributed by atoms with van der Waals surface area (Å²) in [5, 5.41) is 2.64. The quantitative estimate of drug-likeness (QED) is 0.796. The van der Waals surface area contributed by atoms with Gasteiger partial charge >= 0.3 is 5.97 Å². The Morgan fingerprint density at radius 3 is 2.50 bits per heavy atom. The molecule has 0 fully saturated rings. The van der Waals surface area contributed by atoms with Crippen molar-refractivity contribution in [1.82, 2.24) is 9.36 Å². The highest BCUT2D eigenvalue weighted by atomic mass is 32.2. The van der Waals surface area contributed by atoms with Crippen molar-refractivity contribution < 1.29 is 14.3 Å². The summed E-state index contributed by atoms with van der Waals surface area (Å²) in [5.74, 6) is -0.579. The molecule has 24 heavy (non-hydrogen) atoms. The summed E-state index contributed by atoms with van der Waals surface area (Å²) < 4.78 is 7.69. The molecule has 0 radical (unpaired) electrons. The fourth-order valence-corrected chi connectivity index (χ4v) is 2.82. The number of carbonyl (C=O) groups is 2. The number of aromatic nitrogens is 2. The van der Waals surface area contributed by atoms with Crippen LogP contribution in [-0.2, 0) is 21.4 Å².